The first-order valence-electron chi connectivity index (χ1n) is 4.90. The van der Waals surface area contributed by atoms with Crippen LogP contribution in [0.1, 0.15) is 10.4 Å². The highest BCUT2D eigenvalue weighted by atomic mass is 32.2. The van der Waals surface area contributed by atoms with E-state index in [1.165, 1.54) is 0 Å². The topological polar surface area (TPSA) is 55.1 Å². The number of carbonyl (C=O) groups is 1. The third-order valence-corrected chi connectivity index (χ3v) is 3.01. The summed E-state index contributed by atoms with van der Waals surface area (Å²) in [5.74, 6) is 0.0590. The Morgan fingerprint density at radius 2 is 2.38 bits per heavy atom. The Kier molecular flexibility index (Phi) is 3.14. The van der Waals surface area contributed by atoms with E-state index < -0.39 is 5.97 Å². The van der Waals surface area contributed by atoms with Crippen molar-refractivity contribution in [3.63, 3.8) is 0 Å². The quantitative estimate of drug-likeness (QED) is 0.883. The number of aromatic nitrogens is 2. The second-order valence-electron chi connectivity index (χ2n) is 3.41. The van der Waals surface area contributed by atoms with Crippen molar-refractivity contribution in [1.29, 1.82) is 0 Å². The molecule has 0 aliphatic rings. The van der Waals surface area contributed by atoms with Crippen LogP contribution in [0.25, 0.3) is 11.0 Å². The number of hydrogen-bond donors (Lipinski definition) is 1. The summed E-state index contributed by atoms with van der Waals surface area (Å²) in [4.78, 5) is 15.2. The number of hydrogen-bond acceptors (Lipinski definition) is 3. The Morgan fingerprint density at radius 1 is 1.56 bits per heavy atom. The molecular weight excluding hydrogens is 224 g/mol. The average Bonchev–Trinajstić information content (AvgIpc) is 2.69. The molecule has 2 rings (SSSR count). The van der Waals surface area contributed by atoms with Crippen LogP contribution in [0.4, 0.5) is 0 Å². The first-order chi connectivity index (χ1) is 7.74. The van der Waals surface area contributed by atoms with Gasteiger partial charge in [0.15, 0.2) is 0 Å². The van der Waals surface area contributed by atoms with Gasteiger partial charge in [-0.3, -0.25) is 0 Å². The van der Waals surface area contributed by atoms with Gasteiger partial charge < -0.3 is 9.67 Å². The molecule has 84 valence electrons. The van der Waals surface area contributed by atoms with Crippen molar-refractivity contribution >= 4 is 28.8 Å². The number of aromatic carboxylic acids is 1. The molecule has 0 fully saturated rings. The molecule has 0 aliphatic carbocycles. The zero-order valence-corrected chi connectivity index (χ0v) is 9.70. The minimum Gasteiger partial charge on any atom is -0.478 e. The summed E-state index contributed by atoms with van der Waals surface area (Å²) in [6, 6.07) is 5.23. The summed E-state index contributed by atoms with van der Waals surface area (Å²) >= 11 is 1.75. The van der Waals surface area contributed by atoms with Crippen molar-refractivity contribution in [2.45, 2.75) is 6.54 Å². The SMILES string of the molecule is CSCCn1cnc2c(C(=O)O)cccc21. The first-order valence-corrected chi connectivity index (χ1v) is 6.29. The van der Waals surface area contributed by atoms with E-state index in [0.717, 1.165) is 17.8 Å². The summed E-state index contributed by atoms with van der Waals surface area (Å²) in [6.07, 6.45) is 3.75. The number of nitrogens with zero attached hydrogens (tertiary/aromatic N) is 2. The normalized spacial score (nSPS) is 10.8. The van der Waals surface area contributed by atoms with Gasteiger partial charge in [0, 0.05) is 12.3 Å². The van der Waals surface area contributed by atoms with E-state index in [1.54, 1.807) is 30.2 Å². The predicted octanol–water partition coefficient (Wildman–Crippen LogP) is 2.10. The van der Waals surface area contributed by atoms with E-state index in [2.05, 4.69) is 4.98 Å². The molecule has 0 amide bonds. The van der Waals surface area contributed by atoms with E-state index in [-0.39, 0.29) is 5.56 Å². The number of aryl methyl sites for hydroxylation is 1. The lowest BCUT2D eigenvalue weighted by molar-refractivity contribution is 0.0699. The van der Waals surface area contributed by atoms with Crippen LogP contribution >= 0.6 is 11.8 Å². The number of benzene rings is 1. The van der Waals surface area contributed by atoms with Gasteiger partial charge in [0.2, 0.25) is 0 Å². The van der Waals surface area contributed by atoms with Crippen LogP contribution in [0.3, 0.4) is 0 Å². The van der Waals surface area contributed by atoms with Crippen molar-refractivity contribution in [1.82, 2.24) is 9.55 Å². The van der Waals surface area contributed by atoms with Crippen molar-refractivity contribution in [2.75, 3.05) is 12.0 Å². The Bertz CT molecular complexity index is 522. The molecule has 0 aliphatic heterocycles. The maximum atomic E-state index is 11.0. The van der Waals surface area contributed by atoms with Gasteiger partial charge >= 0.3 is 5.97 Å². The van der Waals surface area contributed by atoms with E-state index in [9.17, 15) is 4.79 Å². The molecule has 0 atom stereocenters. The van der Waals surface area contributed by atoms with Crippen LogP contribution in [0, 0.1) is 0 Å². The van der Waals surface area contributed by atoms with Crippen molar-refractivity contribution in [2.24, 2.45) is 0 Å². The molecule has 16 heavy (non-hydrogen) atoms. The highest BCUT2D eigenvalue weighted by molar-refractivity contribution is 7.98. The largest absolute Gasteiger partial charge is 0.478 e. The van der Waals surface area contributed by atoms with Gasteiger partial charge in [-0.05, 0) is 18.4 Å². The zero-order chi connectivity index (χ0) is 11.5. The zero-order valence-electron chi connectivity index (χ0n) is 8.88. The van der Waals surface area contributed by atoms with Crippen molar-refractivity contribution in [3.8, 4) is 0 Å². The van der Waals surface area contributed by atoms with Crippen LogP contribution in [-0.2, 0) is 6.54 Å². The molecule has 0 unspecified atom stereocenters. The van der Waals surface area contributed by atoms with E-state index >= 15 is 0 Å². The standard InChI is InChI=1S/C11H12N2O2S/c1-16-6-5-13-7-12-10-8(11(14)15)3-2-4-9(10)13/h2-4,7H,5-6H2,1H3,(H,14,15). The Labute approximate surface area is 97.3 Å². The number of imidazole rings is 1. The summed E-state index contributed by atoms with van der Waals surface area (Å²) in [7, 11) is 0. The number of para-hydroxylation sites is 1. The fraction of sp³-hybridized carbons (Fsp3) is 0.273. The summed E-state index contributed by atoms with van der Waals surface area (Å²) in [6.45, 7) is 0.848. The molecule has 0 bridgehead atoms. The fourth-order valence-electron chi connectivity index (χ4n) is 1.63. The minimum absolute atomic E-state index is 0.264. The third kappa shape index (κ3) is 1.90. The number of carboxylic acids is 1. The molecule has 1 aromatic heterocycles. The fourth-order valence-corrected chi connectivity index (χ4v) is 2.01. The van der Waals surface area contributed by atoms with Gasteiger partial charge in [0.05, 0.1) is 17.4 Å². The number of carboxylic acid groups (broad SMARTS) is 1. The Morgan fingerprint density at radius 3 is 3.06 bits per heavy atom. The Hall–Kier alpha value is -1.49. The Balaban J connectivity index is 2.48. The molecule has 0 radical (unpaired) electrons. The van der Waals surface area contributed by atoms with Crippen molar-refractivity contribution in [3.05, 3.63) is 30.1 Å². The van der Waals surface area contributed by atoms with Crippen LogP contribution in [-0.4, -0.2) is 32.6 Å². The summed E-state index contributed by atoms with van der Waals surface area (Å²) in [5.41, 5.74) is 1.71. The maximum Gasteiger partial charge on any atom is 0.337 e. The maximum absolute atomic E-state index is 11.0. The van der Waals surface area contributed by atoms with Gasteiger partial charge in [-0.15, -0.1) is 0 Å². The number of rotatable bonds is 4. The van der Waals surface area contributed by atoms with Gasteiger partial charge in [-0.1, -0.05) is 6.07 Å². The minimum atomic E-state index is -0.930. The number of fused-ring (bicyclic) bond motifs is 1. The van der Waals surface area contributed by atoms with Crippen molar-refractivity contribution < 1.29 is 9.90 Å². The molecular formula is C11H12N2O2S. The second kappa shape index (κ2) is 4.57. The lowest BCUT2D eigenvalue weighted by Crippen LogP contribution is -2.00. The van der Waals surface area contributed by atoms with Gasteiger partial charge in [0.1, 0.15) is 5.52 Å². The molecule has 0 saturated carbocycles. The molecule has 0 spiro atoms. The van der Waals surface area contributed by atoms with Gasteiger partial charge in [-0.25, -0.2) is 9.78 Å². The van der Waals surface area contributed by atoms with Gasteiger partial charge in [-0.2, -0.15) is 11.8 Å². The third-order valence-electron chi connectivity index (χ3n) is 2.42. The molecule has 1 N–H and O–H groups in total. The summed E-state index contributed by atoms with van der Waals surface area (Å²) < 4.78 is 1.98. The lowest BCUT2D eigenvalue weighted by Gasteiger charge is -2.02. The molecule has 5 heteroatoms. The van der Waals surface area contributed by atoms with E-state index in [4.69, 9.17) is 5.11 Å². The first kappa shape index (κ1) is 11.0. The molecule has 1 aromatic carbocycles. The van der Waals surface area contributed by atoms with E-state index in [1.807, 2.05) is 16.9 Å². The molecule has 4 nitrogen and oxygen atoms in total. The highest BCUT2D eigenvalue weighted by Gasteiger charge is 2.11. The lowest BCUT2D eigenvalue weighted by atomic mass is 10.2. The number of thioether (sulfide) groups is 1. The van der Waals surface area contributed by atoms with Crippen LogP contribution in [0.15, 0.2) is 24.5 Å². The average molecular weight is 236 g/mol. The van der Waals surface area contributed by atoms with Crippen LogP contribution < -0.4 is 0 Å². The molecule has 2 aromatic rings. The predicted molar refractivity (Wildman–Crippen MR) is 65.1 cm³/mol. The van der Waals surface area contributed by atoms with Crippen LogP contribution in [0.2, 0.25) is 0 Å². The van der Waals surface area contributed by atoms with E-state index in [0.29, 0.717) is 5.52 Å². The monoisotopic (exact) mass is 236 g/mol. The highest BCUT2D eigenvalue weighted by Crippen LogP contribution is 2.17. The summed E-state index contributed by atoms with van der Waals surface area (Å²) in [5, 5.41) is 9.01. The molecule has 0 saturated heterocycles. The molecule has 1 heterocycles. The smallest absolute Gasteiger partial charge is 0.337 e. The van der Waals surface area contributed by atoms with Crippen LogP contribution in [0.5, 0.6) is 0 Å². The second-order valence-corrected chi connectivity index (χ2v) is 4.39. The van der Waals surface area contributed by atoms with Gasteiger partial charge in [0.25, 0.3) is 0 Å².